The SMILES string of the molecule is CC(=Cc1cccc(S(C)(=O)=O)c1)C1=NNC(=O)CC1C. The van der Waals surface area contributed by atoms with Crippen LogP contribution in [0.4, 0.5) is 0 Å². The molecule has 2 rings (SSSR count). The molecule has 1 unspecified atom stereocenters. The van der Waals surface area contributed by atoms with Crippen LogP contribution in [0.3, 0.4) is 0 Å². The summed E-state index contributed by atoms with van der Waals surface area (Å²) in [5.74, 6) is -0.0359. The van der Waals surface area contributed by atoms with E-state index in [0.717, 1.165) is 16.8 Å². The predicted octanol–water partition coefficient (Wildman–Crippen LogP) is 2.01. The summed E-state index contributed by atoms with van der Waals surface area (Å²) in [6.45, 7) is 3.85. The lowest BCUT2D eigenvalue weighted by Crippen LogP contribution is -2.31. The van der Waals surface area contributed by atoms with Gasteiger partial charge < -0.3 is 0 Å². The summed E-state index contributed by atoms with van der Waals surface area (Å²) in [6.07, 6.45) is 3.47. The van der Waals surface area contributed by atoms with Crippen molar-refractivity contribution in [3.63, 3.8) is 0 Å². The first-order chi connectivity index (χ1) is 9.77. The van der Waals surface area contributed by atoms with Crippen LogP contribution in [-0.2, 0) is 14.6 Å². The van der Waals surface area contributed by atoms with E-state index in [1.807, 2.05) is 26.0 Å². The number of carbonyl (C=O) groups excluding carboxylic acids is 1. The number of allylic oxidation sites excluding steroid dienone is 1. The second kappa shape index (κ2) is 5.81. The Labute approximate surface area is 124 Å². The average molecular weight is 306 g/mol. The minimum absolute atomic E-state index is 0.0492. The van der Waals surface area contributed by atoms with Crippen molar-refractivity contribution in [1.82, 2.24) is 5.43 Å². The molecule has 0 bridgehead atoms. The molecular weight excluding hydrogens is 288 g/mol. The van der Waals surface area contributed by atoms with E-state index < -0.39 is 9.84 Å². The van der Waals surface area contributed by atoms with Crippen molar-refractivity contribution >= 4 is 27.5 Å². The molecule has 112 valence electrons. The number of amides is 1. The maximum atomic E-state index is 11.6. The molecule has 1 atom stereocenters. The Morgan fingerprint density at radius 3 is 2.76 bits per heavy atom. The molecule has 21 heavy (non-hydrogen) atoms. The van der Waals surface area contributed by atoms with Crippen molar-refractivity contribution in [3.05, 3.63) is 35.4 Å². The van der Waals surface area contributed by atoms with Gasteiger partial charge >= 0.3 is 0 Å². The Bertz CT molecular complexity index is 733. The number of nitrogens with one attached hydrogen (secondary N) is 1. The van der Waals surface area contributed by atoms with Gasteiger partial charge in [-0.2, -0.15) is 5.10 Å². The first-order valence-electron chi connectivity index (χ1n) is 6.62. The highest BCUT2D eigenvalue weighted by atomic mass is 32.2. The van der Waals surface area contributed by atoms with E-state index in [0.29, 0.717) is 6.42 Å². The van der Waals surface area contributed by atoms with Crippen LogP contribution in [0.5, 0.6) is 0 Å². The lowest BCUT2D eigenvalue weighted by molar-refractivity contribution is -0.121. The summed E-state index contributed by atoms with van der Waals surface area (Å²) in [6, 6.07) is 6.75. The number of hydrazone groups is 1. The van der Waals surface area contributed by atoms with Crippen molar-refractivity contribution in [2.75, 3.05) is 6.26 Å². The monoisotopic (exact) mass is 306 g/mol. The molecule has 1 aliphatic heterocycles. The molecule has 1 aromatic carbocycles. The van der Waals surface area contributed by atoms with Gasteiger partial charge in [-0.3, -0.25) is 4.79 Å². The molecule has 0 radical (unpaired) electrons. The van der Waals surface area contributed by atoms with Crippen LogP contribution in [0.25, 0.3) is 6.08 Å². The lowest BCUT2D eigenvalue weighted by atomic mass is 9.94. The summed E-state index contributed by atoms with van der Waals surface area (Å²) in [7, 11) is -3.22. The third-order valence-electron chi connectivity index (χ3n) is 3.33. The number of nitrogens with zero attached hydrogens (tertiary/aromatic N) is 1. The number of hydrogen-bond donors (Lipinski definition) is 1. The average Bonchev–Trinajstić information content (AvgIpc) is 2.37. The van der Waals surface area contributed by atoms with Gasteiger partial charge in [-0.05, 0) is 30.2 Å². The van der Waals surface area contributed by atoms with Crippen LogP contribution in [0.1, 0.15) is 25.8 Å². The fourth-order valence-electron chi connectivity index (χ4n) is 2.29. The van der Waals surface area contributed by atoms with Gasteiger partial charge in [0.15, 0.2) is 9.84 Å². The Morgan fingerprint density at radius 1 is 1.43 bits per heavy atom. The number of carbonyl (C=O) groups is 1. The zero-order chi connectivity index (χ0) is 15.6. The van der Waals surface area contributed by atoms with Crippen molar-refractivity contribution in [1.29, 1.82) is 0 Å². The van der Waals surface area contributed by atoms with Gasteiger partial charge in [0.25, 0.3) is 0 Å². The van der Waals surface area contributed by atoms with Gasteiger partial charge in [-0.1, -0.05) is 25.1 Å². The van der Waals surface area contributed by atoms with Crippen LogP contribution < -0.4 is 5.43 Å². The summed E-state index contributed by atoms with van der Waals surface area (Å²) in [5, 5.41) is 4.09. The van der Waals surface area contributed by atoms with Crippen molar-refractivity contribution in [3.8, 4) is 0 Å². The molecule has 0 fully saturated rings. The molecule has 1 aliphatic rings. The smallest absolute Gasteiger partial charge is 0.240 e. The van der Waals surface area contributed by atoms with E-state index in [1.54, 1.807) is 18.2 Å². The molecule has 6 heteroatoms. The summed E-state index contributed by atoms with van der Waals surface area (Å²) in [4.78, 5) is 11.5. The molecule has 0 saturated heterocycles. The molecule has 1 heterocycles. The largest absolute Gasteiger partial charge is 0.273 e. The van der Waals surface area contributed by atoms with E-state index in [9.17, 15) is 13.2 Å². The molecule has 0 aliphatic carbocycles. The maximum absolute atomic E-state index is 11.6. The second-order valence-corrected chi connectivity index (χ2v) is 7.32. The van der Waals surface area contributed by atoms with Crippen LogP contribution in [0.15, 0.2) is 39.8 Å². The highest BCUT2D eigenvalue weighted by Crippen LogP contribution is 2.19. The molecule has 0 spiro atoms. The standard InChI is InChI=1S/C15H18N2O3S/c1-10(15-11(2)8-14(18)16-17-15)7-12-5-4-6-13(9-12)21(3,19)20/h4-7,9,11H,8H2,1-3H3,(H,16,18). The first-order valence-corrected chi connectivity index (χ1v) is 8.51. The van der Waals surface area contributed by atoms with E-state index in [1.165, 1.54) is 6.26 Å². The van der Waals surface area contributed by atoms with Crippen molar-refractivity contribution < 1.29 is 13.2 Å². The Kier molecular flexibility index (Phi) is 4.27. The fourth-order valence-corrected chi connectivity index (χ4v) is 2.96. The van der Waals surface area contributed by atoms with Gasteiger partial charge in [0.05, 0.1) is 10.6 Å². The fraction of sp³-hybridized carbons (Fsp3) is 0.333. The zero-order valence-corrected chi connectivity index (χ0v) is 13.1. The normalized spacial score (nSPS) is 20.0. The minimum atomic E-state index is -3.22. The van der Waals surface area contributed by atoms with Crippen LogP contribution in [0.2, 0.25) is 0 Å². The molecule has 0 aromatic heterocycles. The number of sulfone groups is 1. The molecule has 1 amide bonds. The Hall–Kier alpha value is -1.95. The van der Waals surface area contributed by atoms with Crippen molar-refractivity contribution in [2.24, 2.45) is 11.0 Å². The minimum Gasteiger partial charge on any atom is -0.273 e. The van der Waals surface area contributed by atoms with Gasteiger partial charge in [-0.15, -0.1) is 0 Å². The van der Waals surface area contributed by atoms with E-state index in [4.69, 9.17) is 0 Å². The molecule has 1 N–H and O–H groups in total. The van der Waals surface area contributed by atoms with Crippen molar-refractivity contribution in [2.45, 2.75) is 25.2 Å². The summed E-state index contributed by atoms with van der Waals surface area (Å²) in [5.41, 5.74) is 5.00. The van der Waals surface area contributed by atoms with E-state index in [2.05, 4.69) is 10.5 Å². The highest BCUT2D eigenvalue weighted by Gasteiger charge is 2.21. The summed E-state index contributed by atoms with van der Waals surface area (Å²) >= 11 is 0. The number of rotatable bonds is 3. The van der Waals surface area contributed by atoms with Crippen LogP contribution in [-0.4, -0.2) is 26.3 Å². The van der Waals surface area contributed by atoms with Gasteiger partial charge in [0, 0.05) is 18.6 Å². The Balaban J connectivity index is 2.34. The first kappa shape index (κ1) is 15.4. The predicted molar refractivity (Wildman–Crippen MR) is 82.6 cm³/mol. The topological polar surface area (TPSA) is 75.6 Å². The van der Waals surface area contributed by atoms with Gasteiger partial charge in [0.2, 0.25) is 5.91 Å². The molecule has 0 saturated carbocycles. The second-order valence-electron chi connectivity index (χ2n) is 5.31. The Morgan fingerprint density at radius 2 is 2.14 bits per heavy atom. The molecule has 5 nitrogen and oxygen atoms in total. The molecular formula is C15H18N2O3S. The van der Waals surface area contributed by atoms with Gasteiger partial charge in [-0.25, -0.2) is 13.8 Å². The zero-order valence-electron chi connectivity index (χ0n) is 12.3. The third-order valence-corrected chi connectivity index (χ3v) is 4.44. The third kappa shape index (κ3) is 3.78. The van der Waals surface area contributed by atoms with Crippen LogP contribution >= 0.6 is 0 Å². The number of hydrogen-bond acceptors (Lipinski definition) is 4. The number of benzene rings is 1. The van der Waals surface area contributed by atoms with E-state index in [-0.39, 0.29) is 16.7 Å². The summed E-state index contributed by atoms with van der Waals surface area (Å²) < 4.78 is 23.1. The maximum Gasteiger partial charge on any atom is 0.240 e. The lowest BCUT2D eigenvalue weighted by Gasteiger charge is -2.19. The van der Waals surface area contributed by atoms with Gasteiger partial charge in [0.1, 0.15) is 0 Å². The quantitative estimate of drug-likeness (QED) is 0.928. The van der Waals surface area contributed by atoms with Crippen LogP contribution in [0, 0.1) is 5.92 Å². The van der Waals surface area contributed by atoms with E-state index >= 15 is 0 Å². The highest BCUT2D eigenvalue weighted by molar-refractivity contribution is 7.90. The molecule has 1 aromatic rings.